The number of quaternary nitrogens is 1. The van der Waals surface area contributed by atoms with Crippen molar-refractivity contribution in [2.75, 3.05) is 32.5 Å². The van der Waals surface area contributed by atoms with Gasteiger partial charge in [-0.25, -0.2) is 4.79 Å². The molecule has 1 unspecified atom stereocenters. The van der Waals surface area contributed by atoms with Crippen LogP contribution in [0.2, 0.25) is 5.02 Å². The van der Waals surface area contributed by atoms with E-state index < -0.39 is 11.9 Å². The smallest absolute Gasteiger partial charge is 0.321 e. The predicted octanol–water partition coefficient (Wildman–Crippen LogP) is -0.751. The van der Waals surface area contributed by atoms with Crippen LogP contribution < -0.4 is 20.9 Å². The molecule has 7 nitrogen and oxygen atoms in total. The van der Waals surface area contributed by atoms with Gasteiger partial charge in [0.15, 0.2) is 13.1 Å². The fourth-order valence-electron chi connectivity index (χ4n) is 1.58. The Morgan fingerprint density at radius 2 is 1.67 bits per heavy atom. The number of rotatable bonds is 5. The van der Waals surface area contributed by atoms with Crippen molar-refractivity contribution in [3.8, 4) is 0 Å². The summed E-state index contributed by atoms with van der Waals surface area (Å²) in [4.78, 5) is 34.9. The fourth-order valence-corrected chi connectivity index (χ4v) is 1.71. The highest BCUT2D eigenvalue weighted by Gasteiger charge is 2.15. The van der Waals surface area contributed by atoms with E-state index in [1.165, 1.54) is 7.05 Å². The van der Waals surface area contributed by atoms with E-state index in [9.17, 15) is 14.4 Å². The third kappa shape index (κ3) is 6.73. The van der Waals surface area contributed by atoms with Crippen molar-refractivity contribution in [1.82, 2.24) is 10.6 Å². The molecule has 0 spiro atoms. The van der Waals surface area contributed by atoms with Crippen LogP contribution in [0.15, 0.2) is 24.3 Å². The van der Waals surface area contributed by atoms with Crippen LogP contribution in [0.5, 0.6) is 0 Å². The Balaban J connectivity index is 2.38. The van der Waals surface area contributed by atoms with Crippen LogP contribution >= 0.6 is 11.6 Å². The molecule has 0 aromatic heterocycles. The van der Waals surface area contributed by atoms with Crippen molar-refractivity contribution in [3.05, 3.63) is 29.3 Å². The highest BCUT2D eigenvalue weighted by atomic mass is 35.5. The fraction of sp³-hybridized carbons (Fsp3) is 0.308. The lowest BCUT2D eigenvalue weighted by atomic mass is 10.3. The quantitative estimate of drug-likeness (QED) is 0.576. The predicted molar refractivity (Wildman–Crippen MR) is 79.3 cm³/mol. The van der Waals surface area contributed by atoms with Gasteiger partial charge in [-0.05, 0) is 24.3 Å². The molecule has 0 aliphatic rings. The summed E-state index contributed by atoms with van der Waals surface area (Å²) < 4.78 is 0. The molecule has 1 rings (SSSR count). The zero-order valence-corrected chi connectivity index (χ0v) is 12.6. The molecule has 0 heterocycles. The SMILES string of the molecule is CNC(=O)NC(=O)C[NH+](C)CC(=O)Nc1ccc(Cl)cc1. The van der Waals surface area contributed by atoms with Gasteiger partial charge in [0.1, 0.15) is 0 Å². The van der Waals surface area contributed by atoms with Crippen molar-refractivity contribution < 1.29 is 19.3 Å². The minimum Gasteiger partial charge on any atom is -0.341 e. The molecule has 0 aliphatic carbocycles. The normalized spacial score (nSPS) is 11.4. The lowest BCUT2D eigenvalue weighted by Gasteiger charge is -2.13. The van der Waals surface area contributed by atoms with Crippen LogP contribution in [-0.4, -0.2) is 45.0 Å². The lowest BCUT2D eigenvalue weighted by Crippen LogP contribution is -3.11. The maximum Gasteiger partial charge on any atom is 0.321 e. The molecule has 0 fully saturated rings. The molecular formula is C13H18ClN4O3+. The molecule has 0 aliphatic heterocycles. The van der Waals surface area contributed by atoms with E-state index in [4.69, 9.17) is 11.6 Å². The molecule has 0 bridgehead atoms. The number of likely N-dealkylation sites (N-methyl/N-ethyl adjacent to an activating group) is 1. The van der Waals surface area contributed by atoms with E-state index in [1.54, 1.807) is 31.3 Å². The van der Waals surface area contributed by atoms with Crippen molar-refractivity contribution in [2.24, 2.45) is 0 Å². The summed E-state index contributed by atoms with van der Waals surface area (Å²) in [5, 5.41) is 7.69. The Kier molecular flexibility index (Phi) is 6.64. The number of imide groups is 1. The van der Waals surface area contributed by atoms with Crippen LogP contribution in [0.1, 0.15) is 0 Å². The standard InChI is InChI=1S/C13H17ClN4O3/c1-15-13(21)17-12(20)8-18(2)7-11(19)16-10-5-3-9(14)4-6-10/h3-6H,7-8H2,1-2H3,(H,16,19)(H2,15,17,20,21)/p+1. The summed E-state index contributed by atoms with van der Waals surface area (Å²) in [6, 6.07) is 6.15. The van der Waals surface area contributed by atoms with Crippen LogP contribution in [0.25, 0.3) is 0 Å². The summed E-state index contributed by atoms with van der Waals surface area (Å²) in [5.74, 6) is -0.686. The molecule has 1 aromatic rings. The topological polar surface area (TPSA) is 91.7 Å². The third-order valence-corrected chi connectivity index (χ3v) is 2.78. The Hall–Kier alpha value is -2.12. The zero-order valence-electron chi connectivity index (χ0n) is 11.8. The minimum atomic E-state index is -0.571. The number of benzene rings is 1. The van der Waals surface area contributed by atoms with E-state index in [2.05, 4.69) is 16.0 Å². The van der Waals surface area contributed by atoms with Crippen molar-refractivity contribution >= 4 is 35.1 Å². The molecule has 1 atom stereocenters. The second-order valence-electron chi connectivity index (χ2n) is 4.49. The summed E-state index contributed by atoms with van der Waals surface area (Å²) in [7, 11) is 3.10. The number of nitrogens with one attached hydrogen (secondary N) is 4. The van der Waals surface area contributed by atoms with E-state index >= 15 is 0 Å². The van der Waals surface area contributed by atoms with Crippen LogP contribution in [0.4, 0.5) is 10.5 Å². The highest BCUT2D eigenvalue weighted by Crippen LogP contribution is 2.12. The number of anilines is 1. The van der Waals surface area contributed by atoms with E-state index in [-0.39, 0.29) is 19.0 Å². The molecular weight excluding hydrogens is 296 g/mol. The van der Waals surface area contributed by atoms with Crippen molar-refractivity contribution in [1.29, 1.82) is 0 Å². The monoisotopic (exact) mass is 313 g/mol. The second kappa shape index (κ2) is 8.23. The minimum absolute atomic E-state index is 0.0153. The van der Waals surface area contributed by atoms with Gasteiger partial charge in [0, 0.05) is 17.8 Å². The van der Waals surface area contributed by atoms with Gasteiger partial charge in [-0.1, -0.05) is 11.6 Å². The summed E-state index contributed by atoms with van der Waals surface area (Å²) >= 11 is 5.75. The average molecular weight is 314 g/mol. The van der Waals surface area contributed by atoms with Crippen molar-refractivity contribution in [3.63, 3.8) is 0 Å². The molecule has 8 heteroatoms. The molecule has 4 N–H and O–H groups in total. The van der Waals surface area contributed by atoms with E-state index in [0.29, 0.717) is 15.6 Å². The first-order chi connectivity index (χ1) is 9.90. The molecule has 4 amide bonds. The maximum absolute atomic E-state index is 11.8. The summed E-state index contributed by atoms with van der Waals surface area (Å²) in [6.07, 6.45) is 0. The lowest BCUT2D eigenvalue weighted by molar-refractivity contribution is -0.862. The van der Waals surface area contributed by atoms with Gasteiger partial charge in [0.25, 0.3) is 11.8 Å². The first-order valence-electron chi connectivity index (χ1n) is 6.29. The van der Waals surface area contributed by atoms with Gasteiger partial charge in [0.05, 0.1) is 7.05 Å². The molecule has 0 saturated carbocycles. The van der Waals surface area contributed by atoms with Crippen LogP contribution in [-0.2, 0) is 9.59 Å². The number of hydrogen-bond donors (Lipinski definition) is 4. The molecule has 21 heavy (non-hydrogen) atoms. The van der Waals surface area contributed by atoms with Gasteiger partial charge in [0.2, 0.25) is 0 Å². The second-order valence-corrected chi connectivity index (χ2v) is 4.93. The van der Waals surface area contributed by atoms with Crippen LogP contribution in [0.3, 0.4) is 0 Å². The Morgan fingerprint density at radius 1 is 1.10 bits per heavy atom. The van der Waals surface area contributed by atoms with Gasteiger partial charge in [-0.2, -0.15) is 0 Å². The van der Waals surface area contributed by atoms with Gasteiger partial charge in [-0.15, -0.1) is 0 Å². The first-order valence-corrected chi connectivity index (χ1v) is 6.66. The largest absolute Gasteiger partial charge is 0.341 e. The van der Waals surface area contributed by atoms with E-state index in [0.717, 1.165) is 0 Å². The van der Waals surface area contributed by atoms with Gasteiger partial charge < -0.3 is 15.5 Å². The van der Waals surface area contributed by atoms with Gasteiger partial charge >= 0.3 is 6.03 Å². The number of urea groups is 1. The number of carbonyl (C=O) groups is 3. The Bertz CT molecular complexity index is 519. The zero-order chi connectivity index (χ0) is 15.8. The van der Waals surface area contributed by atoms with Crippen molar-refractivity contribution in [2.45, 2.75) is 0 Å². The number of halogens is 1. The van der Waals surface area contributed by atoms with Gasteiger partial charge in [-0.3, -0.25) is 14.9 Å². The van der Waals surface area contributed by atoms with Crippen LogP contribution in [0, 0.1) is 0 Å². The molecule has 114 valence electrons. The first kappa shape index (κ1) is 16.9. The number of amides is 4. The number of carbonyl (C=O) groups excluding carboxylic acids is 3. The number of hydrogen-bond acceptors (Lipinski definition) is 3. The van der Waals surface area contributed by atoms with E-state index in [1.807, 2.05) is 0 Å². The molecule has 0 saturated heterocycles. The average Bonchev–Trinajstić information content (AvgIpc) is 2.40. The Labute approximate surface area is 127 Å². The Morgan fingerprint density at radius 3 is 2.24 bits per heavy atom. The summed E-state index contributed by atoms with van der Waals surface area (Å²) in [6.45, 7) is 0.116. The molecule has 1 aromatic carbocycles. The summed E-state index contributed by atoms with van der Waals surface area (Å²) in [5.41, 5.74) is 0.631. The molecule has 0 radical (unpaired) electrons. The highest BCUT2D eigenvalue weighted by molar-refractivity contribution is 6.30. The third-order valence-electron chi connectivity index (χ3n) is 2.53. The maximum atomic E-state index is 11.8.